The molecule has 4 nitrogen and oxygen atoms in total. The monoisotopic (exact) mass is 254 g/mol. The van der Waals surface area contributed by atoms with Crippen LogP contribution >= 0.6 is 0 Å². The molecule has 1 spiro atoms. The number of rotatable bonds is 0. The van der Waals surface area contributed by atoms with Crippen molar-refractivity contribution in [3.63, 3.8) is 0 Å². The van der Waals surface area contributed by atoms with Gasteiger partial charge in [-0.1, -0.05) is 14.0 Å². The molecule has 0 aromatic heterocycles. The molecule has 0 aromatic carbocycles. The lowest BCUT2D eigenvalue weighted by Gasteiger charge is -2.30. The molecule has 3 rings (SSSR count). The summed E-state index contributed by atoms with van der Waals surface area (Å²) in [4.78, 5) is 4.67. The highest BCUT2D eigenvalue weighted by atomic mass is 15.2. The third kappa shape index (κ3) is 4.59. The van der Waals surface area contributed by atoms with E-state index in [9.17, 15) is 0 Å². The van der Waals surface area contributed by atoms with E-state index < -0.39 is 0 Å². The number of nitrogens with zero attached hydrogens (tertiary/aromatic N) is 2. The maximum atomic E-state index is 3.81. The fourth-order valence-electron chi connectivity index (χ4n) is 2.53. The molecule has 0 amide bonds. The van der Waals surface area contributed by atoms with Crippen molar-refractivity contribution >= 4 is 0 Å². The smallest absolute Gasteiger partial charge is 0.0373 e. The number of hydrogen-bond donors (Lipinski definition) is 2. The Morgan fingerprint density at radius 3 is 2.17 bits per heavy atom. The molecular weight excluding hydrogens is 224 g/mol. The summed E-state index contributed by atoms with van der Waals surface area (Å²) in [5, 5.41) is 6.73. The Hall–Kier alpha value is -0.580. The number of likely N-dealkylation sites (N-methyl/N-ethyl adjacent to an activating group) is 2. The van der Waals surface area contributed by atoms with E-state index in [-0.39, 0.29) is 7.43 Å². The van der Waals surface area contributed by atoms with Gasteiger partial charge >= 0.3 is 0 Å². The summed E-state index contributed by atoms with van der Waals surface area (Å²) in [5.41, 5.74) is 1.71. The fourth-order valence-corrected chi connectivity index (χ4v) is 2.53. The van der Waals surface area contributed by atoms with Crippen molar-refractivity contribution in [2.45, 2.75) is 25.8 Å². The van der Waals surface area contributed by atoms with Crippen LogP contribution in [-0.4, -0.2) is 68.7 Å². The third-order valence-electron chi connectivity index (χ3n) is 3.75. The van der Waals surface area contributed by atoms with Crippen molar-refractivity contribution in [3.8, 4) is 0 Å². The molecule has 3 fully saturated rings. The average Bonchev–Trinajstić information content (AvgIpc) is 2.97. The second-order valence-electron chi connectivity index (χ2n) is 5.71. The maximum Gasteiger partial charge on any atom is 0.0373 e. The fraction of sp³-hybridized carbons (Fsp3) is 0.857. The predicted octanol–water partition coefficient (Wildman–Crippen LogP) is 0.725. The van der Waals surface area contributed by atoms with E-state index in [0.717, 1.165) is 25.3 Å². The van der Waals surface area contributed by atoms with Crippen LogP contribution in [-0.2, 0) is 0 Å². The highest BCUT2D eigenvalue weighted by Gasteiger charge is 2.44. The molecule has 0 bridgehead atoms. The van der Waals surface area contributed by atoms with Gasteiger partial charge in [-0.3, -0.25) is 4.90 Å². The van der Waals surface area contributed by atoms with Gasteiger partial charge in [0.1, 0.15) is 0 Å². The van der Waals surface area contributed by atoms with Gasteiger partial charge < -0.3 is 15.5 Å². The van der Waals surface area contributed by atoms with Crippen molar-refractivity contribution in [1.82, 2.24) is 20.4 Å². The van der Waals surface area contributed by atoms with Crippen LogP contribution in [0, 0.1) is 0 Å². The second-order valence-corrected chi connectivity index (χ2v) is 5.71. The molecule has 106 valence electrons. The Morgan fingerprint density at radius 1 is 1.11 bits per heavy atom. The van der Waals surface area contributed by atoms with Crippen LogP contribution in [0.15, 0.2) is 12.3 Å². The topological polar surface area (TPSA) is 30.5 Å². The average molecular weight is 254 g/mol. The Balaban J connectivity index is 0.000000172. The minimum Gasteiger partial charge on any atom is -0.386 e. The summed E-state index contributed by atoms with van der Waals surface area (Å²) in [6.07, 6.45) is 2.80. The zero-order chi connectivity index (χ0) is 12.3. The molecule has 2 aliphatic heterocycles. The first kappa shape index (κ1) is 15.5. The summed E-state index contributed by atoms with van der Waals surface area (Å²) in [5.74, 6) is 0. The molecule has 4 heteroatoms. The number of nitrogens with one attached hydrogen (secondary N) is 2. The SMILES string of the molecule is C.C=C1CN(C)CCN1.CN1CCNC2(CC2)C1. The molecule has 3 aliphatic rings. The van der Waals surface area contributed by atoms with Crippen molar-refractivity contribution in [2.75, 3.05) is 53.4 Å². The van der Waals surface area contributed by atoms with Crippen LogP contribution in [0.3, 0.4) is 0 Å². The Bertz CT molecular complexity index is 273. The Kier molecular flexibility index (Phi) is 5.63. The van der Waals surface area contributed by atoms with Gasteiger partial charge in [-0.25, -0.2) is 0 Å². The molecule has 2 saturated heterocycles. The van der Waals surface area contributed by atoms with E-state index in [1.807, 2.05) is 0 Å². The molecule has 1 aliphatic carbocycles. The van der Waals surface area contributed by atoms with Crippen LogP contribution in [0.4, 0.5) is 0 Å². The van der Waals surface area contributed by atoms with E-state index in [4.69, 9.17) is 0 Å². The first-order valence-corrected chi connectivity index (χ1v) is 6.63. The highest BCUT2D eigenvalue weighted by molar-refractivity contribution is 5.05. The number of piperazine rings is 2. The first-order chi connectivity index (χ1) is 8.10. The van der Waals surface area contributed by atoms with E-state index in [1.165, 1.54) is 32.5 Å². The Labute approximate surface area is 112 Å². The highest BCUT2D eigenvalue weighted by Crippen LogP contribution is 2.36. The summed E-state index contributed by atoms with van der Waals surface area (Å²) in [6, 6.07) is 0. The van der Waals surface area contributed by atoms with Gasteiger partial charge in [0, 0.05) is 50.5 Å². The molecule has 0 atom stereocenters. The minimum absolute atomic E-state index is 0. The van der Waals surface area contributed by atoms with Gasteiger partial charge in [0.05, 0.1) is 0 Å². The summed E-state index contributed by atoms with van der Waals surface area (Å²) >= 11 is 0. The van der Waals surface area contributed by atoms with E-state index >= 15 is 0 Å². The van der Waals surface area contributed by atoms with Crippen molar-refractivity contribution in [1.29, 1.82) is 0 Å². The van der Waals surface area contributed by atoms with E-state index in [2.05, 4.69) is 41.1 Å². The molecule has 18 heavy (non-hydrogen) atoms. The van der Waals surface area contributed by atoms with E-state index in [1.54, 1.807) is 0 Å². The Morgan fingerprint density at radius 2 is 1.78 bits per heavy atom. The van der Waals surface area contributed by atoms with Gasteiger partial charge in [0.2, 0.25) is 0 Å². The molecule has 0 unspecified atom stereocenters. The van der Waals surface area contributed by atoms with Crippen LogP contribution < -0.4 is 10.6 Å². The lowest BCUT2D eigenvalue weighted by molar-refractivity contribution is 0.227. The summed E-state index contributed by atoms with van der Waals surface area (Å²) in [6.45, 7) is 10.7. The van der Waals surface area contributed by atoms with Gasteiger partial charge in [0.25, 0.3) is 0 Å². The van der Waals surface area contributed by atoms with Crippen LogP contribution in [0.2, 0.25) is 0 Å². The second kappa shape index (κ2) is 6.55. The van der Waals surface area contributed by atoms with Gasteiger partial charge in [-0.05, 0) is 26.9 Å². The van der Waals surface area contributed by atoms with Crippen molar-refractivity contribution < 1.29 is 0 Å². The first-order valence-electron chi connectivity index (χ1n) is 6.63. The normalized spacial score (nSPS) is 26.7. The third-order valence-corrected chi connectivity index (χ3v) is 3.75. The minimum atomic E-state index is 0. The molecule has 0 radical (unpaired) electrons. The predicted molar refractivity (Wildman–Crippen MR) is 78.8 cm³/mol. The largest absolute Gasteiger partial charge is 0.386 e. The standard InChI is InChI=1S/C7H14N2.C6H12N2.CH4/c1-9-5-4-8-7(6-9)2-3-7;1-6-5-8(2)4-3-7-6;/h8H,2-6H2,1H3;7H,1,3-5H2,2H3;1H4. The molecule has 2 N–H and O–H groups in total. The van der Waals surface area contributed by atoms with Gasteiger partial charge in [-0.2, -0.15) is 0 Å². The lowest BCUT2D eigenvalue weighted by Crippen LogP contribution is -2.50. The number of hydrogen-bond acceptors (Lipinski definition) is 4. The summed E-state index contributed by atoms with van der Waals surface area (Å²) < 4.78 is 0. The lowest BCUT2D eigenvalue weighted by atomic mass is 10.2. The van der Waals surface area contributed by atoms with Crippen molar-refractivity contribution in [2.24, 2.45) is 0 Å². The van der Waals surface area contributed by atoms with Crippen LogP contribution in [0.5, 0.6) is 0 Å². The molecule has 2 heterocycles. The van der Waals surface area contributed by atoms with Gasteiger partial charge in [-0.15, -0.1) is 0 Å². The van der Waals surface area contributed by atoms with Crippen LogP contribution in [0.1, 0.15) is 20.3 Å². The summed E-state index contributed by atoms with van der Waals surface area (Å²) in [7, 11) is 4.31. The van der Waals surface area contributed by atoms with E-state index in [0.29, 0.717) is 5.54 Å². The van der Waals surface area contributed by atoms with Crippen molar-refractivity contribution in [3.05, 3.63) is 12.3 Å². The van der Waals surface area contributed by atoms with Gasteiger partial charge in [0.15, 0.2) is 0 Å². The zero-order valence-electron chi connectivity index (χ0n) is 11.3. The van der Waals surface area contributed by atoms with Crippen LogP contribution in [0.25, 0.3) is 0 Å². The zero-order valence-corrected chi connectivity index (χ0v) is 11.3. The molecular formula is C14H30N4. The molecule has 0 aromatic rings. The molecule has 1 saturated carbocycles. The maximum absolute atomic E-state index is 3.81. The quantitative estimate of drug-likeness (QED) is 0.667.